The van der Waals surface area contributed by atoms with Crippen molar-refractivity contribution in [3.05, 3.63) is 17.0 Å². The van der Waals surface area contributed by atoms with Gasteiger partial charge in [0.1, 0.15) is 0 Å². The van der Waals surface area contributed by atoms with Crippen LogP contribution in [0.1, 0.15) is 43.1 Å². The maximum atomic E-state index is 4.62. The molecule has 0 bridgehead atoms. The number of unbranched alkanes of at least 4 members (excludes halogenated alkanes) is 2. The predicted molar refractivity (Wildman–Crippen MR) is 68.9 cm³/mol. The van der Waals surface area contributed by atoms with Gasteiger partial charge in [0.05, 0.1) is 5.69 Å². The summed E-state index contributed by atoms with van der Waals surface area (Å²) in [6.45, 7) is 8.65. The number of nitrogens with zero attached hydrogens (tertiary/aromatic N) is 2. The molecule has 0 aromatic carbocycles. The molecule has 0 aliphatic heterocycles. The fourth-order valence-corrected chi connectivity index (χ4v) is 2.08. The van der Waals surface area contributed by atoms with Gasteiger partial charge in [-0.1, -0.05) is 19.8 Å². The topological polar surface area (TPSA) is 29.9 Å². The van der Waals surface area contributed by atoms with Gasteiger partial charge in [-0.05, 0) is 45.8 Å². The van der Waals surface area contributed by atoms with Crippen molar-refractivity contribution >= 4 is 0 Å². The summed E-state index contributed by atoms with van der Waals surface area (Å²) in [6, 6.07) is 0. The second kappa shape index (κ2) is 6.69. The molecule has 1 N–H and O–H groups in total. The van der Waals surface area contributed by atoms with E-state index in [1.165, 1.54) is 36.2 Å². The summed E-state index contributed by atoms with van der Waals surface area (Å²) in [5, 5.41) is 7.82. The molecule has 0 amide bonds. The molecular formula is C13H25N3. The van der Waals surface area contributed by atoms with Crippen LogP contribution in [0.5, 0.6) is 0 Å². The maximum Gasteiger partial charge on any atom is 0.0628 e. The van der Waals surface area contributed by atoms with Crippen LogP contribution < -0.4 is 5.32 Å². The van der Waals surface area contributed by atoms with Gasteiger partial charge in [0.2, 0.25) is 0 Å². The first kappa shape index (κ1) is 13.2. The van der Waals surface area contributed by atoms with Gasteiger partial charge in [0.15, 0.2) is 0 Å². The molecule has 0 unspecified atom stereocenters. The van der Waals surface area contributed by atoms with Gasteiger partial charge in [0, 0.05) is 12.2 Å². The molecule has 16 heavy (non-hydrogen) atoms. The Labute approximate surface area is 99.2 Å². The highest BCUT2D eigenvalue weighted by Gasteiger charge is 2.10. The van der Waals surface area contributed by atoms with Gasteiger partial charge in [-0.15, -0.1) is 0 Å². The standard InChI is InChI=1S/C13H25N3/c1-5-6-7-10-16-12(3)13(8-9-14-4)11(2)15-16/h14H,5-10H2,1-4H3. The largest absolute Gasteiger partial charge is 0.319 e. The lowest BCUT2D eigenvalue weighted by molar-refractivity contribution is 0.539. The van der Waals surface area contributed by atoms with E-state index in [4.69, 9.17) is 0 Å². The predicted octanol–water partition coefficient (Wildman–Crippen LogP) is 2.45. The minimum absolute atomic E-state index is 1.03. The van der Waals surface area contributed by atoms with Crippen LogP contribution in [0.4, 0.5) is 0 Å². The van der Waals surface area contributed by atoms with Gasteiger partial charge >= 0.3 is 0 Å². The van der Waals surface area contributed by atoms with E-state index in [0.29, 0.717) is 0 Å². The van der Waals surface area contributed by atoms with Crippen molar-refractivity contribution in [2.75, 3.05) is 13.6 Å². The molecular weight excluding hydrogens is 198 g/mol. The molecule has 0 aliphatic rings. The summed E-state index contributed by atoms with van der Waals surface area (Å²) in [5.74, 6) is 0. The molecule has 0 saturated carbocycles. The highest BCUT2D eigenvalue weighted by molar-refractivity contribution is 5.24. The number of rotatable bonds is 7. The number of hydrogen-bond acceptors (Lipinski definition) is 2. The fourth-order valence-electron chi connectivity index (χ4n) is 2.08. The summed E-state index contributed by atoms with van der Waals surface area (Å²) in [5.41, 5.74) is 3.97. The molecule has 0 spiro atoms. The molecule has 0 saturated heterocycles. The van der Waals surface area contributed by atoms with Gasteiger partial charge in [-0.2, -0.15) is 5.10 Å². The highest BCUT2D eigenvalue weighted by atomic mass is 15.3. The lowest BCUT2D eigenvalue weighted by Crippen LogP contribution is -2.11. The van der Waals surface area contributed by atoms with E-state index in [-0.39, 0.29) is 0 Å². The second-order valence-corrected chi connectivity index (χ2v) is 4.43. The fraction of sp³-hybridized carbons (Fsp3) is 0.769. The molecule has 0 atom stereocenters. The second-order valence-electron chi connectivity index (χ2n) is 4.43. The Morgan fingerprint density at radius 1 is 1.25 bits per heavy atom. The Hall–Kier alpha value is -0.830. The quantitative estimate of drug-likeness (QED) is 0.720. The van der Waals surface area contributed by atoms with Gasteiger partial charge < -0.3 is 5.32 Å². The number of likely N-dealkylation sites (N-methyl/N-ethyl adjacent to an activating group) is 1. The zero-order valence-corrected chi connectivity index (χ0v) is 11.1. The summed E-state index contributed by atoms with van der Waals surface area (Å²) in [7, 11) is 2.00. The highest BCUT2D eigenvalue weighted by Crippen LogP contribution is 2.14. The van der Waals surface area contributed by atoms with E-state index in [1.54, 1.807) is 0 Å². The number of nitrogens with one attached hydrogen (secondary N) is 1. The van der Waals surface area contributed by atoms with Crippen LogP contribution in [0.2, 0.25) is 0 Å². The zero-order chi connectivity index (χ0) is 12.0. The van der Waals surface area contributed by atoms with Gasteiger partial charge in [0.25, 0.3) is 0 Å². The molecule has 0 fully saturated rings. The third kappa shape index (κ3) is 3.34. The number of hydrogen-bond donors (Lipinski definition) is 1. The molecule has 1 rings (SSSR count). The van der Waals surface area contributed by atoms with Gasteiger partial charge in [-0.3, -0.25) is 4.68 Å². The molecule has 0 aliphatic carbocycles. The van der Waals surface area contributed by atoms with Crippen LogP contribution in [-0.2, 0) is 13.0 Å². The number of aromatic nitrogens is 2. The van der Waals surface area contributed by atoms with Crippen LogP contribution in [0.3, 0.4) is 0 Å². The van der Waals surface area contributed by atoms with E-state index >= 15 is 0 Å². The first-order chi connectivity index (χ1) is 7.70. The Bertz CT molecular complexity index is 315. The Kier molecular flexibility index (Phi) is 5.53. The van der Waals surface area contributed by atoms with E-state index in [0.717, 1.165) is 19.5 Å². The lowest BCUT2D eigenvalue weighted by atomic mass is 10.1. The molecule has 3 heteroatoms. The smallest absolute Gasteiger partial charge is 0.0628 e. The van der Waals surface area contributed by atoms with Crippen LogP contribution in [0, 0.1) is 13.8 Å². The van der Waals surface area contributed by atoms with E-state index in [9.17, 15) is 0 Å². The molecule has 1 aromatic heterocycles. The Morgan fingerprint density at radius 2 is 2.00 bits per heavy atom. The summed E-state index contributed by atoms with van der Waals surface area (Å²) < 4.78 is 2.18. The SMILES string of the molecule is CCCCCn1nc(C)c(CCNC)c1C. The maximum absolute atomic E-state index is 4.62. The van der Waals surface area contributed by atoms with E-state index in [1.807, 2.05) is 7.05 Å². The molecule has 1 heterocycles. The van der Waals surface area contributed by atoms with Crippen molar-refractivity contribution in [3.63, 3.8) is 0 Å². The van der Waals surface area contributed by atoms with Gasteiger partial charge in [-0.25, -0.2) is 0 Å². The molecule has 92 valence electrons. The molecule has 3 nitrogen and oxygen atoms in total. The first-order valence-electron chi connectivity index (χ1n) is 6.38. The van der Waals surface area contributed by atoms with Crippen LogP contribution in [0.25, 0.3) is 0 Å². The molecule has 1 aromatic rings. The van der Waals surface area contributed by atoms with Crippen molar-refractivity contribution in [1.29, 1.82) is 0 Å². The lowest BCUT2D eigenvalue weighted by Gasteiger charge is -2.05. The minimum Gasteiger partial charge on any atom is -0.319 e. The van der Waals surface area contributed by atoms with Crippen molar-refractivity contribution in [2.45, 2.75) is 53.0 Å². The first-order valence-corrected chi connectivity index (χ1v) is 6.38. The minimum atomic E-state index is 1.03. The van der Waals surface area contributed by atoms with E-state index in [2.05, 4.69) is 35.9 Å². The van der Waals surface area contributed by atoms with Crippen LogP contribution >= 0.6 is 0 Å². The Balaban J connectivity index is 2.64. The monoisotopic (exact) mass is 223 g/mol. The summed E-state index contributed by atoms with van der Waals surface area (Å²) in [6.07, 6.45) is 4.89. The summed E-state index contributed by atoms with van der Waals surface area (Å²) in [4.78, 5) is 0. The average molecular weight is 223 g/mol. The third-order valence-corrected chi connectivity index (χ3v) is 3.13. The zero-order valence-electron chi connectivity index (χ0n) is 11.1. The van der Waals surface area contributed by atoms with Crippen molar-refractivity contribution in [1.82, 2.24) is 15.1 Å². The normalized spacial score (nSPS) is 11.0. The van der Waals surface area contributed by atoms with Crippen LogP contribution in [0.15, 0.2) is 0 Å². The third-order valence-electron chi connectivity index (χ3n) is 3.13. The summed E-state index contributed by atoms with van der Waals surface area (Å²) >= 11 is 0. The Morgan fingerprint density at radius 3 is 2.62 bits per heavy atom. The van der Waals surface area contributed by atoms with Crippen molar-refractivity contribution in [2.24, 2.45) is 0 Å². The van der Waals surface area contributed by atoms with Crippen LogP contribution in [-0.4, -0.2) is 23.4 Å². The van der Waals surface area contributed by atoms with E-state index < -0.39 is 0 Å². The number of aryl methyl sites for hydroxylation is 2. The van der Waals surface area contributed by atoms with Crippen molar-refractivity contribution in [3.8, 4) is 0 Å². The average Bonchev–Trinajstić information content (AvgIpc) is 2.53. The van der Waals surface area contributed by atoms with Crippen molar-refractivity contribution < 1.29 is 0 Å². The molecule has 0 radical (unpaired) electrons.